The van der Waals surface area contributed by atoms with E-state index in [1.165, 1.54) is 0 Å². The minimum absolute atomic E-state index is 0.120. The molecule has 1 aliphatic rings. The summed E-state index contributed by atoms with van der Waals surface area (Å²) < 4.78 is 11.7. The third-order valence-corrected chi connectivity index (χ3v) is 7.07. The van der Waals surface area contributed by atoms with Crippen molar-refractivity contribution in [1.29, 1.82) is 0 Å². The molecule has 0 atom stereocenters. The van der Waals surface area contributed by atoms with Crippen LogP contribution in [0.5, 0.6) is 5.75 Å². The van der Waals surface area contributed by atoms with Crippen molar-refractivity contribution in [2.24, 2.45) is 0 Å². The summed E-state index contributed by atoms with van der Waals surface area (Å²) >= 11 is 0. The number of H-pyrrole nitrogens is 1. The predicted octanol–water partition coefficient (Wildman–Crippen LogP) is 3.47. The van der Waals surface area contributed by atoms with E-state index in [-0.39, 0.29) is 18.4 Å². The van der Waals surface area contributed by atoms with Gasteiger partial charge in [-0.1, -0.05) is 36.4 Å². The Hall–Kier alpha value is -4.86. The van der Waals surface area contributed by atoms with Gasteiger partial charge in [-0.05, 0) is 77.9 Å². The van der Waals surface area contributed by atoms with Crippen LogP contribution in [0.3, 0.4) is 0 Å². The van der Waals surface area contributed by atoms with Crippen LogP contribution in [0.4, 0.5) is 0 Å². The van der Waals surface area contributed by atoms with Gasteiger partial charge in [-0.25, -0.2) is 14.6 Å². The standard InChI is InChI=1S/C31H32N4O6/c1-21-17-25(29(37)32-14-4-16-34-15-3-7-28(34)36)10-13-27(21)24-6-2-5-23(18-24)20-40-26-11-8-22(9-12-26)19-35-30(38)33-31(39)41-35/h2,5-6,8-13,17-18H,3-4,7,14-16,19-20H2,1H3,(H,32,37)(H,33,38,39). The molecule has 4 aromatic rings. The van der Waals surface area contributed by atoms with Gasteiger partial charge < -0.3 is 19.5 Å². The molecule has 3 aromatic carbocycles. The maximum absolute atomic E-state index is 12.7. The maximum atomic E-state index is 12.7. The summed E-state index contributed by atoms with van der Waals surface area (Å²) in [4.78, 5) is 51.1. The van der Waals surface area contributed by atoms with E-state index in [0.717, 1.165) is 51.9 Å². The molecule has 10 nitrogen and oxygen atoms in total. The summed E-state index contributed by atoms with van der Waals surface area (Å²) in [6, 6.07) is 21.0. The van der Waals surface area contributed by atoms with Crippen molar-refractivity contribution in [3.63, 3.8) is 0 Å². The Morgan fingerprint density at radius 3 is 2.56 bits per heavy atom. The summed E-state index contributed by atoms with van der Waals surface area (Å²) in [6.07, 6.45) is 2.29. The van der Waals surface area contributed by atoms with Crippen molar-refractivity contribution < 1.29 is 18.8 Å². The minimum Gasteiger partial charge on any atom is -0.489 e. The molecule has 1 aliphatic heterocycles. The lowest BCUT2D eigenvalue weighted by molar-refractivity contribution is -0.127. The number of likely N-dealkylation sites (tertiary alicyclic amines) is 1. The molecular formula is C31H32N4O6. The van der Waals surface area contributed by atoms with Crippen LogP contribution >= 0.6 is 0 Å². The van der Waals surface area contributed by atoms with Crippen molar-refractivity contribution in [3.8, 4) is 16.9 Å². The van der Waals surface area contributed by atoms with E-state index in [0.29, 0.717) is 37.4 Å². The largest absolute Gasteiger partial charge is 0.489 e. The maximum Gasteiger partial charge on any atom is 0.440 e. The topological polar surface area (TPSA) is 127 Å². The zero-order valence-electron chi connectivity index (χ0n) is 22.9. The van der Waals surface area contributed by atoms with Crippen LogP contribution in [0, 0.1) is 6.92 Å². The van der Waals surface area contributed by atoms with Gasteiger partial charge >= 0.3 is 11.4 Å². The van der Waals surface area contributed by atoms with Crippen LogP contribution in [0.2, 0.25) is 0 Å². The lowest BCUT2D eigenvalue weighted by Crippen LogP contribution is -2.30. The fraction of sp³-hybridized carbons (Fsp3) is 0.290. The van der Waals surface area contributed by atoms with Crippen molar-refractivity contribution in [1.82, 2.24) is 19.9 Å². The number of hydrogen-bond acceptors (Lipinski definition) is 6. The van der Waals surface area contributed by atoms with Gasteiger partial charge in [0.05, 0.1) is 6.54 Å². The molecule has 0 spiro atoms. The van der Waals surface area contributed by atoms with Crippen LogP contribution in [0.25, 0.3) is 11.1 Å². The van der Waals surface area contributed by atoms with Gasteiger partial charge in [-0.2, -0.15) is 0 Å². The van der Waals surface area contributed by atoms with Crippen molar-refractivity contribution in [3.05, 3.63) is 110 Å². The summed E-state index contributed by atoms with van der Waals surface area (Å²) in [5, 5.41) is 2.96. The molecular weight excluding hydrogens is 524 g/mol. The summed E-state index contributed by atoms with van der Waals surface area (Å²) in [6.45, 7) is 4.51. The van der Waals surface area contributed by atoms with E-state index in [2.05, 4.69) is 16.4 Å². The molecule has 2 heterocycles. The van der Waals surface area contributed by atoms with Crippen molar-refractivity contribution in [2.45, 2.75) is 39.3 Å². The molecule has 0 aliphatic carbocycles. The molecule has 2 amide bonds. The lowest BCUT2D eigenvalue weighted by atomic mass is 9.97. The van der Waals surface area contributed by atoms with E-state index in [1.807, 2.05) is 48.2 Å². The number of nitrogens with zero attached hydrogens (tertiary/aromatic N) is 2. The number of rotatable bonds is 11. The first-order valence-electron chi connectivity index (χ1n) is 13.6. The molecule has 0 bridgehead atoms. The first kappa shape index (κ1) is 27.7. The molecule has 1 aromatic heterocycles. The Morgan fingerprint density at radius 2 is 1.85 bits per heavy atom. The minimum atomic E-state index is -0.784. The molecule has 5 rings (SSSR count). The van der Waals surface area contributed by atoms with Gasteiger partial charge in [0.15, 0.2) is 0 Å². The van der Waals surface area contributed by atoms with E-state index < -0.39 is 11.4 Å². The highest BCUT2D eigenvalue weighted by Crippen LogP contribution is 2.26. The molecule has 0 saturated carbocycles. The van der Waals surface area contributed by atoms with E-state index in [1.54, 1.807) is 24.3 Å². The zero-order chi connectivity index (χ0) is 28.8. The third kappa shape index (κ3) is 7.02. The highest BCUT2D eigenvalue weighted by molar-refractivity contribution is 5.95. The Labute approximate surface area is 236 Å². The quantitative estimate of drug-likeness (QED) is 0.273. The summed E-state index contributed by atoms with van der Waals surface area (Å²) in [5.41, 5.74) is 4.85. The molecule has 0 radical (unpaired) electrons. The molecule has 0 unspecified atom stereocenters. The fourth-order valence-electron chi connectivity index (χ4n) is 4.91. The van der Waals surface area contributed by atoms with E-state index >= 15 is 0 Å². The third-order valence-electron chi connectivity index (χ3n) is 7.07. The Morgan fingerprint density at radius 1 is 1.02 bits per heavy atom. The second-order valence-corrected chi connectivity index (χ2v) is 10.1. The number of aromatic amines is 1. The first-order chi connectivity index (χ1) is 19.9. The smallest absolute Gasteiger partial charge is 0.440 e. The highest BCUT2D eigenvalue weighted by Gasteiger charge is 2.19. The number of aryl methyl sites for hydroxylation is 1. The number of carbonyl (C=O) groups is 2. The second-order valence-electron chi connectivity index (χ2n) is 10.1. The number of ether oxygens (including phenoxy) is 1. The Bertz CT molecular complexity index is 1650. The summed E-state index contributed by atoms with van der Waals surface area (Å²) in [5.74, 6) is -0.0342. The van der Waals surface area contributed by atoms with E-state index in [4.69, 9.17) is 9.26 Å². The average Bonchev–Trinajstić information content (AvgIpc) is 3.53. The first-order valence-corrected chi connectivity index (χ1v) is 13.6. The van der Waals surface area contributed by atoms with Crippen LogP contribution in [-0.4, -0.2) is 46.1 Å². The predicted molar refractivity (Wildman–Crippen MR) is 153 cm³/mol. The Balaban J connectivity index is 1.15. The molecule has 212 valence electrons. The molecule has 1 fully saturated rings. The van der Waals surface area contributed by atoms with Crippen LogP contribution < -0.4 is 21.5 Å². The SMILES string of the molecule is Cc1cc(C(=O)NCCCN2CCCC2=O)ccc1-c1cccc(COc2ccc(Cn3oc(=O)[nH]c3=O)cc2)c1. The fourth-order valence-corrected chi connectivity index (χ4v) is 4.91. The van der Waals surface area contributed by atoms with Gasteiger partial charge in [0.2, 0.25) is 5.91 Å². The van der Waals surface area contributed by atoms with E-state index in [9.17, 15) is 19.2 Å². The van der Waals surface area contributed by atoms with Crippen LogP contribution in [0.15, 0.2) is 80.8 Å². The van der Waals surface area contributed by atoms with Crippen molar-refractivity contribution >= 4 is 11.8 Å². The lowest BCUT2D eigenvalue weighted by Gasteiger charge is -2.15. The van der Waals surface area contributed by atoms with Crippen molar-refractivity contribution in [2.75, 3.05) is 19.6 Å². The highest BCUT2D eigenvalue weighted by atomic mass is 16.5. The van der Waals surface area contributed by atoms with Crippen LogP contribution in [-0.2, 0) is 17.9 Å². The zero-order valence-corrected chi connectivity index (χ0v) is 22.9. The average molecular weight is 557 g/mol. The monoisotopic (exact) mass is 556 g/mol. The normalized spacial score (nSPS) is 13.0. The van der Waals surface area contributed by atoms with Gasteiger partial charge in [-0.15, -0.1) is 4.74 Å². The van der Waals surface area contributed by atoms with Gasteiger partial charge in [0.1, 0.15) is 12.4 Å². The Kier molecular flexibility index (Phi) is 8.47. The number of aromatic nitrogens is 2. The van der Waals surface area contributed by atoms with Gasteiger partial charge in [-0.3, -0.25) is 9.59 Å². The van der Waals surface area contributed by atoms with Gasteiger partial charge in [0.25, 0.3) is 5.91 Å². The molecule has 2 N–H and O–H groups in total. The molecule has 10 heteroatoms. The number of benzene rings is 3. The number of hydrogen-bond donors (Lipinski definition) is 2. The number of carbonyl (C=O) groups excluding carboxylic acids is 2. The van der Waals surface area contributed by atoms with Gasteiger partial charge in [0, 0.05) is 31.6 Å². The molecule has 1 saturated heterocycles. The van der Waals surface area contributed by atoms with Crippen LogP contribution in [0.1, 0.15) is 46.3 Å². The second kappa shape index (κ2) is 12.5. The summed E-state index contributed by atoms with van der Waals surface area (Å²) in [7, 11) is 0. The number of amides is 2. The number of nitrogens with one attached hydrogen (secondary N) is 2. The molecule has 41 heavy (non-hydrogen) atoms.